The van der Waals surface area contributed by atoms with Gasteiger partial charge >= 0.3 is 0 Å². The fourth-order valence-corrected chi connectivity index (χ4v) is 4.70. The number of rotatable bonds is 5. The van der Waals surface area contributed by atoms with Crippen LogP contribution in [0.15, 0.2) is 101 Å². The molecule has 2 aromatic heterocycles. The first-order valence-electron chi connectivity index (χ1n) is 12.4. The zero-order valence-corrected chi connectivity index (χ0v) is 22.8. The van der Waals surface area contributed by atoms with Crippen LogP contribution in [0.1, 0.15) is 11.3 Å². The molecule has 6 aromatic rings. The van der Waals surface area contributed by atoms with E-state index in [9.17, 15) is 4.79 Å². The van der Waals surface area contributed by atoms with Crippen molar-refractivity contribution in [3.63, 3.8) is 0 Å². The fourth-order valence-electron chi connectivity index (χ4n) is 4.30. The summed E-state index contributed by atoms with van der Waals surface area (Å²) in [6, 6.07) is 29.0. The summed E-state index contributed by atoms with van der Waals surface area (Å²) in [4.78, 5) is 14.1. The van der Waals surface area contributed by atoms with Gasteiger partial charge in [-0.2, -0.15) is 0 Å². The number of carbonyl (C=O) groups excluding carboxylic acids is 1. The molecule has 4 aromatic carbocycles. The number of nitrogens with one attached hydrogen (secondary N) is 2. The lowest BCUT2D eigenvalue weighted by Crippen LogP contribution is -2.32. The van der Waals surface area contributed by atoms with Gasteiger partial charge in [0, 0.05) is 27.7 Å². The number of fused-ring (bicyclic) bond motifs is 2. The number of halogens is 1. The van der Waals surface area contributed by atoms with Gasteiger partial charge in [-0.25, -0.2) is 0 Å². The molecule has 6 rings (SSSR count). The Morgan fingerprint density at radius 2 is 1.77 bits per heavy atom. The van der Waals surface area contributed by atoms with E-state index in [1.165, 1.54) is 6.08 Å². The zero-order valence-electron chi connectivity index (χ0n) is 21.3. The number of aromatic nitrogens is 3. The van der Waals surface area contributed by atoms with Crippen LogP contribution in [0.5, 0.6) is 0 Å². The minimum absolute atomic E-state index is 0.157. The summed E-state index contributed by atoms with van der Waals surface area (Å²) in [5.74, 6) is 0.796. The number of amides is 1. The van der Waals surface area contributed by atoms with Crippen LogP contribution in [0.2, 0.25) is 5.02 Å². The lowest BCUT2D eigenvalue weighted by atomic mass is 10.1. The number of hydrogen-bond donors (Lipinski definition) is 2. The normalized spacial score (nSPS) is 11.3. The summed E-state index contributed by atoms with van der Waals surface area (Å²) in [5, 5.41) is 18.0. The van der Waals surface area contributed by atoms with Crippen molar-refractivity contribution < 1.29 is 9.21 Å². The summed E-state index contributed by atoms with van der Waals surface area (Å²) < 4.78 is 5.83. The van der Waals surface area contributed by atoms with Gasteiger partial charge in [-0.05, 0) is 78.6 Å². The average molecular weight is 564 g/mol. The van der Waals surface area contributed by atoms with Gasteiger partial charge in [0.05, 0.1) is 5.69 Å². The highest BCUT2D eigenvalue weighted by atomic mass is 35.5. The third kappa shape index (κ3) is 5.36. The molecule has 9 heteroatoms. The van der Waals surface area contributed by atoms with Crippen molar-refractivity contribution in [3.8, 4) is 17.0 Å². The van der Waals surface area contributed by atoms with Gasteiger partial charge in [0.25, 0.3) is 0 Å². The number of thiocarbonyl (C=S) groups is 1. The topological polar surface area (TPSA) is 85.0 Å². The summed E-state index contributed by atoms with van der Waals surface area (Å²) in [6.45, 7) is 1.94. The van der Waals surface area contributed by atoms with Gasteiger partial charge in [0.1, 0.15) is 22.6 Å². The van der Waals surface area contributed by atoms with Crippen LogP contribution in [0, 0.1) is 6.92 Å². The average Bonchev–Trinajstić information content (AvgIpc) is 3.60. The second-order valence-electron chi connectivity index (χ2n) is 9.13. The summed E-state index contributed by atoms with van der Waals surface area (Å²) >= 11 is 11.6. The Bertz CT molecular complexity index is 1940. The van der Waals surface area contributed by atoms with E-state index in [4.69, 9.17) is 28.2 Å². The quantitative estimate of drug-likeness (QED) is 0.169. The number of anilines is 1. The molecule has 0 atom stereocenters. The van der Waals surface area contributed by atoms with Crippen molar-refractivity contribution >= 4 is 68.4 Å². The van der Waals surface area contributed by atoms with Crippen molar-refractivity contribution in [2.24, 2.45) is 0 Å². The lowest BCUT2D eigenvalue weighted by Gasteiger charge is -2.07. The number of benzene rings is 4. The van der Waals surface area contributed by atoms with E-state index in [2.05, 4.69) is 33.0 Å². The molecule has 0 spiro atoms. The summed E-state index contributed by atoms with van der Waals surface area (Å²) in [5.41, 5.74) is 4.85. The first-order valence-corrected chi connectivity index (χ1v) is 13.2. The minimum atomic E-state index is -0.392. The van der Waals surface area contributed by atoms with Crippen molar-refractivity contribution in [3.05, 3.63) is 113 Å². The Labute approximate surface area is 240 Å². The van der Waals surface area contributed by atoms with E-state index in [0.29, 0.717) is 27.7 Å². The number of nitrogens with zero attached hydrogens (tertiary/aromatic N) is 3. The number of furan rings is 1. The molecular formula is C31H22ClN5O2S. The molecule has 40 heavy (non-hydrogen) atoms. The smallest absolute Gasteiger partial charge is 0.250 e. The summed E-state index contributed by atoms with van der Waals surface area (Å²) in [7, 11) is 0. The Hall–Kier alpha value is -4.79. The maximum Gasteiger partial charge on any atom is 0.250 e. The highest BCUT2D eigenvalue weighted by Crippen LogP contribution is 2.27. The predicted molar refractivity (Wildman–Crippen MR) is 164 cm³/mol. The third-order valence-corrected chi connectivity index (χ3v) is 6.95. The molecule has 1 amide bonds. The van der Waals surface area contributed by atoms with Crippen LogP contribution in [-0.2, 0) is 4.79 Å². The Morgan fingerprint density at radius 3 is 2.65 bits per heavy atom. The van der Waals surface area contributed by atoms with E-state index in [-0.39, 0.29) is 5.11 Å². The largest absolute Gasteiger partial charge is 0.457 e. The molecule has 0 fully saturated rings. The van der Waals surface area contributed by atoms with Gasteiger partial charge in [0.15, 0.2) is 5.11 Å². The van der Waals surface area contributed by atoms with Crippen molar-refractivity contribution in [2.75, 3.05) is 5.32 Å². The highest BCUT2D eigenvalue weighted by Gasteiger charge is 2.10. The molecule has 0 radical (unpaired) electrons. The van der Waals surface area contributed by atoms with E-state index < -0.39 is 5.91 Å². The van der Waals surface area contributed by atoms with Crippen LogP contribution < -0.4 is 10.6 Å². The molecule has 0 aliphatic rings. The molecule has 0 aliphatic carbocycles. The van der Waals surface area contributed by atoms with Gasteiger partial charge in [-0.3, -0.25) is 10.1 Å². The Morgan fingerprint density at radius 1 is 0.950 bits per heavy atom. The molecule has 196 valence electrons. The van der Waals surface area contributed by atoms with E-state index in [1.54, 1.807) is 16.9 Å². The monoisotopic (exact) mass is 563 g/mol. The predicted octanol–water partition coefficient (Wildman–Crippen LogP) is 7.32. The first kappa shape index (κ1) is 25.5. The van der Waals surface area contributed by atoms with Crippen molar-refractivity contribution in [1.82, 2.24) is 20.3 Å². The Balaban J connectivity index is 1.11. The molecule has 0 aliphatic heterocycles. The second-order valence-corrected chi connectivity index (χ2v) is 9.95. The van der Waals surface area contributed by atoms with Crippen molar-refractivity contribution in [1.29, 1.82) is 0 Å². The SMILES string of the molecule is Cc1ccc(-c2ccc(/C=C/C(=O)NC(=S)Nc3ccc4nn(-c5cccc6ccccc56)nc4c3)o2)cc1Cl. The fraction of sp³-hybridized carbons (Fsp3) is 0.0323. The van der Waals surface area contributed by atoms with Crippen LogP contribution in [0.3, 0.4) is 0 Å². The van der Waals surface area contributed by atoms with Gasteiger partial charge in [-0.15, -0.1) is 15.0 Å². The van der Waals surface area contributed by atoms with Gasteiger partial charge in [0.2, 0.25) is 5.91 Å². The van der Waals surface area contributed by atoms with Gasteiger partial charge in [-0.1, -0.05) is 60.1 Å². The maximum atomic E-state index is 12.4. The standard InChI is InChI=1S/C31H22ClN5O2S/c1-19-9-10-21(17-25(19)32)29-15-12-23(39-29)13-16-30(38)34-31(40)33-22-11-14-26-27(18-22)36-37(35-26)28-8-4-6-20-5-2-3-7-24(20)28/h2-18H,1H3,(H2,33,34,38,40)/b16-13+. The minimum Gasteiger partial charge on any atom is -0.457 e. The van der Waals surface area contributed by atoms with Crippen LogP contribution in [0.25, 0.3) is 44.9 Å². The lowest BCUT2D eigenvalue weighted by molar-refractivity contribution is -0.115. The number of hydrogen-bond acceptors (Lipinski definition) is 5. The van der Waals surface area contributed by atoms with Gasteiger partial charge < -0.3 is 9.73 Å². The highest BCUT2D eigenvalue weighted by molar-refractivity contribution is 7.80. The summed E-state index contributed by atoms with van der Waals surface area (Å²) in [6.07, 6.45) is 2.94. The maximum absolute atomic E-state index is 12.4. The van der Waals surface area contributed by atoms with Crippen LogP contribution in [0.4, 0.5) is 5.69 Å². The second kappa shape index (κ2) is 10.8. The molecule has 0 bridgehead atoms. The molecule has 7 nitrogen and oxygen atoms in total. The molecule has 2 N–H and O–H groups in total. The molecule has 0 unspecified atom stereocenters. The first-order chi connectivity index (χ1) is 19.4. The number of aryl methyl sites for hydroxylation is 1. The van der Waals surface area contributed by atoms with E-state index in [0.717, 1.165) is 33.1 Å². The van der Waals surface area contributed by atoms with Crippen molar-refractivity contribution in [2.45, 2.75) is 6.92 Å². The van der Waals surface area contributed by atoms with E-state index in [1.807, 2.05) is 79.7 Å². The molecule has 0 saturated carbocycles. The molecule has 0 saturated heterocycles. The van der Waals surface area contributed by atoms with Crippen LogP contribution >= 0.6 is 23.8 Å². The third-order valence-electron chi connectivity index (χ3n) is 6.34. The zero-order chi connectivity index (χ0) is 27.6. The Kier molecular flexibility index (Phi) is 6.86. The number of carbonyl (C=O) groups is 1. The molecule has 2 heterocycles. The molecular weight excluding hydrogens is 542 g/mol. The van der Waals surface area contributed by atoms with E-state index >= 15 is 0 Å². The van der Waals surface area contributed by atoms with Crippen LogP contribution in [-0.4, -0.2) is 26.0 Å².